The van der Waals surface area contributed by atoms with E-state index in [4.69, 9.17) is 4.98 Å². The Balaban J connectivity index is 1.57. The Kier molecular flexibility index (Phi) is 6.26. The number of para-hydroxylation sites is 2. The van der Waals surface area contributed by atoms with Crippen LogP contribution >= 0.6 is 11.3 Å². The van der Waals surface area contributed by atoms with Gasteiger partial charge in [0.25, 0.3) is 0 Å². The molecule has 4 N–H and O–H groups in total. The van der Waals surface area contributed by atoms with Gasteiger partial charge < -0.3 is 25.6 Å². The molecule has 4 rings (SSSR count). The number of likely N-dealkylation sites (N-methyl/N-ethyl adjacent to an activating group) is 1. The zero-order chi connectivity index (χ0) is 21.8. The van der Waals surface area contributed by atoms with Crippen molar-refractivity contribution in [2.24, 2.45) is 0 Å². The maximum absolute atomic E-state index is 12.5. The first-order valence-electron chi connectivity index (χ1n) is 9.91. The highest BCUT2D eigenvalue weighted by molar-refractivity contribution is 7.21. The third-order valence-corrected chi connectivity index (χ3v) is 5.89. The summed E-state index contributed by atoms with van der Waals surface area (Å²) in [6, 6.07) is 15.7. The van der Waals surface area contributed by atoms with Crippen molar-refractivity contribution in [1.82, 2.24) is 19.9 Å². The van der Waals surface area contributed by atoms with Crippen LogP contribution in [-0.2, 0) is 6.54 Å². The number of aliphatic hydroxyl groups excluding tert-OH is 1. The summed E-state index contributed by atoms with van der Waals surface area (Å²) in [5.41, 5.74) is 3.06. The molecule has 9 heteroatoms. The molecule has 1 atom stereocenters. The first-order chi connectivity index (χ1) is 15.1. The van der Waals surface area contributed by atoms with Crippen LogP contribution in [0, 0.1) is 0 Å². The van der Waals surface area contributed by atoms with Crippen molar-refractivity contribution in [1.29, 1.82) is 0 Å². The molecule has 2 aromatic heterocycles. The van der Waals surface area contributed by atoms with E-state index in [1.165, 1.54) is 0 Å². The summed E-state index contributed by atoms with van der Waals surface area (Å²) in [7, 11) is 3.43. The van der Waals surface area contributed by atoms with Crippen molar-refractivity contribution in [3.05, 3.63) is 60.6 Å². The number of aliphatic hydroxyl groups is 1. The molecule has 0 radical (unpaired) electrons. The quantitative estimate of drug-likeness (QED) is 0.236. The maximum atomic E-state index is 12.5. The van der Waals surface area contributed by atoms with Gasteiger partial charge in [-0.25, -0.2) is 9.97 Å². The van der Waals surface area contributed by atoms with E-state index in [1.54, 1.807) is 36.3 Å². The number of imidazole rings is 1. The zero-order valence-electron chi connectivity index (χ0n) is 17.3. The number of anilines is 2. The van der Waals surface area contributed by atoms with Crippen molar-refractivity contribution in [3.63, 3.8) is 0 Å². The molecule has 0 saturated carbocycles. The third kappa shape index (κ3) is 4.43. The lowest BCUT2D eigenvalue weighted by Crippen LogP contribution is -2.28. The van der Waals surface area contributed by atoms with Gasteiger partial charge in [0, 0.05) is 18.3 Å². The molecule has 0 aliphatic heterocycles. The van der Waals surface area contributed by atoms with Gasteiger partial charge in [-0.1, -0.05) is 24.3 Å². The maximum Gasteiger partial charge on any atom is 0.196 e. The van der Waals surface area contributed by atoms with Crippen LogP contribution in [0.15, 0.2) is 54.9 Å². The molecule has 0 amide bonds. The standard InChI is InChI=1S/C22H24N6O2S/c1-23-11-17(29)20-21(24-2)25-13-28(20)12-19(30)26-15-8-4-3-7-14(15)22-27-16-9-5-6-10-18(16)31-22/h3-10,13,19,23-24,26,30H,11-12H2,1-2H3. The van der Waals surface area contributed by atoms with Crippen molar-refractivity contribution in [3.8, 4) is 10.6 Å². The molecule has 8 nitrogen and oxygen atoms in total. The molecule has 31 heavy (non-hydrogen) atoms. The summed E-state index contributed by atoms with van der Waals surface area (Å²) < 4.78 is 2.77. The van der Waals surface area contributed by atoms with E-state index in [1.807, 2.05) is 48.5 Å². The molecule has 2 aromatic carbocycles. The number of aromatic nitrogens is 3. The van der Waals surface area contributed by atoms with E-state index in [2.05, 4.69) is 20.9 Å². The van der Waals surface area contributed by atoms with Crippen LogP contribution in [0.5, 0.6) is 0 Å². The SMILES string of the molecule is CNCC(=O)c1c(NC)ncn1CC(O)Nc1ccccc1-c1nc2ccccc2s1. The van der Waals surface area contributed by atoms with Gasteiger partial charge in [-0.15, -0.1) is 11.3 Å². The van der Waals surface area contributed by atoms with Crippen molar-refractivity contribution in [2.45, 2.75) is 12.8 Å². The largest absolute Gasteiger partial charge is 0.372 e. The number of hydrogen-bond acceptors (Lipinski definition) is 8. The zero-order valence-corrected chi connectivity index (χ0v) is 18.1. The van der Waals surface area contributed by atoms with E-state index in [-0.39, 0.29) is 18.9 Å². The van der Waals surface area contributed by atoms with E-state index >= 15 is 0 Å². The van der Waals surface area contributed by atoms with Crippen LogP contribution in [0.4, 0.5) is 11.5 Å². The van der Waals surface area contributed by atoms with E-state index in [0.717, 1.165) is 26.5 Å². The molecule has 0 aliphatic rings. The van der Waals surface area contributed by atoms with Gasteiger partial charge in [0.1, 0.15) is 16.9 Å². The molecule has 0 saturated heterocycles. The molecule has 0 spiro atoms. The number of nitrogens with one attached hydrogen (secondary N) is 3. The molecule has 4 aromatic rings. The predicted molar refractivity (Wildman–Crippen MR) is 125 cm³/mol. The van der Waals surface area contributed by atoms with Crippen LogP contribution in [0.2, 0.25) is 0 Å². The molecular formula is C22H24N6O2S. The van der Waals surface area contributed by atoms with Crippen LogP contribution in [0.25, 0.3) is 20.8 Å². The van der Waals surface area contributed by atoms with Crippen LogP contribution in [0.3, 0.4) is 0 Å². The van der Waals surface area contributed by atoms with Crippen LogP contribution in [-0.4, -0.2) is 52.3 Å². The number of fused-ring (bicyclic) bond motifs is 1. The fourth-order valence-electron chi connectivity index (χ4n) is 3.43. The minimum Gasteiger partial charge on any atom is -0.372 e. The molecule has 1 unspecified atom stereocenters. The monoisotopic (exact) mass is 436 g/mol. The number of Topliss-reactive ketones (excluding diaryl/α,β-unsaturated/α-hetero) is 1. The predicted octanol–water partition coefficient (Wildman–Crippen LogP) is 3.03. The van der Waals surface area contributed by atoms with Crippen molar-refractivity contribution in [2.75, 3.05) is 31.3 Å². The van der Waals surface area contributed by atoms with Gasteiger partial charge >= 0.3 is 0 Å². The molecule has 2 heterocycles. The third-order valence-electron chi connectivity index (χ3n) is 4.82. The number of rotatable bonds is 9. The van der Waals surface area contributed by atoms with E-state index in [9.17, 15) is 9.90 Å². The minimum atomic E-state index is -0.935. The number of hydrogen-bond donors (Lipinski definition) is 4. The van der Waals surface area contributed by atoms with Gasteiger partial charge in [-0.2, -0.15) is 0 Å². The Bertz CT molecular complexity index is 1170. The second-order valence-corrected chi connectivity index (χ2v) is 8.02. The normalized spacial score (nSPS) is 12.1. The lowest BCUT2D eigenvalue weighted by Gasteiger charge is -2.18. The van der Waals surface area contributed by atoms with Crippen LogP contribution in [0.1, 0.15) is 10.5 Å². The number of thiazole rings is 1. The molecule has 160 valence electrons. The topological polar surface area (TPSA) is 104 Å². The Morgan fingerprint density at radius 3 is 2.71 bits per heavy atom. The lowest BCUT2D eigenvalue weighted by atomic mass is 10.2. The molecule has 0 bridgehead atoms. The van der Waals surface area contributed by atoms with E-state index in [0.29, 0.717) is 11.5 Å². The fraction of sp³-hybridized carbons (Fsp3) is 0.227. The summed E-state index contributed by atoms with van der Waals surface area (Å²) in [5, 5.41) is 20.6. The summed E-state index contributed by atoms with van der Waals surface area (Å²) in [6.07, 6.45) is 0.620. The average Bonchev–Trinajstić information content (AvgIpc) is 3.38. The van der Waals surface area contributed by atoms with Gasteiger partial charge in [-0.05, 0) is 31.3 Å². The highest BCUT2D eigenvalue weighted by Crippen LogP contribution is 2.34. The van der Waals surface area contributed by atoms with Gasteiger partial charge in [0.15, 0.2) is 11.6 Å². The number of carbonyl (C=O) groups excluding carboxylic acids is 1. The highest BCUT2D eigenvalue weighted by atomic mass is 32.1. The van der Waals surface area contributed by atoms with Gasteiger partial charge in [0.05, 0.1) is 29.6 Å². The fourth-order valence-corrected chi connectivity index (χ4v) is 4.44. The Labute approximate surface area is 184 Å². The average molecular weight is 437 g/mol. The molecule has 0 fully saturated rings. The Hall–Kier alpha value is -3.27. The number of ketones is 1. The molecule has 0 aliphatic carbocycles. The number of benzene rings is 2. The number of carbonyl (C=O) groups is 1. The molecular weight excluding hydrogens is 412 g/mol. The Morgan fingerprint density at radius 1 is 1.16 bits per heavy atom. The first-order valence-corrected chi connectivity index (χ1v) is 10.7. The lowest BCUT2D eigenvalue weighted by molar-refractivity contribution is 0.0981. The minimum absolute atomic E-state index is 0.105. The van der Waals surface area contributed by atoms with Crippen molar-refractivity contribution < 1.29 is 9.90 Å². The smallest absolute Gasteiger partial charge is 0.196 e. The van der Waals surface area contributed by atoms with E-state index < -0.39 is 6.23 Å². The second-order valence-electron chi connectivity index (χ2n) is 6.99. The summed E-state index contributed by atoms with van der Waals surface area (Å²) in [5.74, 6) is 0.383. The van der Waals surface area contributed by atoms with Crippen molar-refractivity contribution >= 4 is 38.8 Å². The van der Waals surface area contributed by atoms with Crippen LogP contribution < -0.4 is 16.0 Å². The summed E-state index contributed by atoms with van der Waals surface area (Å²) in [6.45, 7) is 0.345. The van der Waals surface area contributed by atoms with Gasteiger partial charge in [0.2, 0.25) is 0 Å². The second kappa shape index (κ2) is 9.25. The van der Waals surface area contributed by atoms with Gasteiger partial charge in [-0.3, -0.25) is 4.79 Å². The Morgan fingerprint density at radius 2 is 1.94 bits per heavy atom. The summed E-state index contributed by atoms with van der Waals surface area (Å²) in [4.78, 5) is 21.5. The first kappa shape index (κ1) is 21.0. The number of nitrogens with zero attached hydrogens (tertiary/aromatic N) is 3. The summed E-state index contributed by atoms with van der Waals surface area (Å²) >= 11 is 1.61. The highest BCUT2D eigenvalue weighted by Gasteiger charge is 2.20.